The van der Waals surface area contributed by atoms with Gasteiger partial charge >= 0.3 is 0 Å². The van der Waals surface area contributed by atoms with Crippen molar-refractivity contribution in [1.82, 2.24) is 0 Å². The fourth-order valence-electron chi connectivity index (χ4n) is 5.46. The van der Waals surface area contributed by atoms with Gasteiger partial charge in [-0.05, 0) is 40.5 Å². The lowest BCUT2D eigenvalue weighted by atomic mass is 9.76. The summed E-state index contributed by atoms with van der Waals surface area (Å²) in [5.41, 5.74) is 6.24. The summed E-state index contributed by atoms with van der Waals surface area (Å²) in [4.78, 5) is 0. The van der Waals surface area contributed by atoms with Crippen molar-refractivity contribution in [3.05, 3.63) is 130 Å². The molecule has 9 heteroatoms. The van der Waals surface area contributed by atoms with Crippen molar-refractivity contribution in [3.8, 4) is 23.3 Å². The molecule has 0 aromatic heterocycles. The van der Waals surface area contributed by atoms with E-state index in [1.165, 1.54) is 12.1 Å². The first-order valence-electron chi connectivity index (χ1n) is 12.7. The molecule has 6 nitrogen and oxygen atoms in total. The highest BCUT2D eigenvalue weighted by molar-refractivity contribution is 6.69. The van der Waals surface area contributed by atoms with Crippen LogP contribution < -0.4 is 11.1 Å². The standard InChI is InChI=1S/C33H19F3N6/c34-27-23(15-38)28(35)32(41)29(36)26(27)21-13-22-25(31(40)30(21)39)20-11-10-17(19-9-5-4-8-18(19)14-37)12-24(20)42-33(22)16-6-2-1-3-7-16/h1-13,33,39-40,42H,41H2. The average molecular weight is 557 g/mol. The Hall–Kier alpha value is -5.93. The van der Waals surface area contributed by atoms with Crippen LogP contribution >= 0.6 is 0 Å². The van der Waals surface area contributed by atoms with Gasteiger partial charge in [0.1, 0.15) is 17.3 Å². The zero-order valence-corrected chi connectivity index (χ0v) is 21.7. The summed E-state index contributed by atoms with van der Waals surface area (Å²) in [6.45, 7) is 0. The van der Waals surface area contributed by atoms with E-state index in [0.29, 0.717) is 28.0 Å². The lowest BCUT2D eigenvalue weighted by Gasteiger charge is -2.35. The molecule has 0 fully saturated rings. The monoisotopic (exact) mass is 556 g/mol. The highest BCUT2D eigenvalue weighted by Crippen LogP contribution is 2.47. The fraction of sp³-hybridized carbons (Fsp3) is 0.0303. The van der Waals surface area contributed by atoms with Gasteiger partial charge in [0, 0.05) is 22.4 Å². The molecule has 0 bridgehead atoms. The van der Waals surface area contributed by atoms with E-state index in [1.54, 1.807) is 24.3 Å². The van der Waals surface area contributed by atoms with Gasteiger partial charge in [0.2, 0.25) is 0 Å². The number of hydrogen-bond donors (Lipinski definition) is 4. The molecule has 4 aromatic rings. The molecule has 1 aliphatic carbocycles. The molecule has 202 valence electrons. The van der Waals surface area contributed by atoms with Crippen LogP contribution in [0.3, 0.4) is 0 Å². The highest BCUT2D eigenvalue weighted by Gasteiger charge is 2.37. The topological polar surface area (TPSA) is 133 Å². The van der Waals surface area contributed by atoms with Crippen molar-refractivity contribution in [2.45, 2.75) is 6.04 Å². The number of nitrogens with zero attached hydrogens (tertiary/aromatic N) is 2. The van der Waals surface area contributed by atoms with Crippen LogP contribution in [0.5, 0.6) is 0 Å². The summed E-state index contributed by atoms with van der Waals surface area (Å²) in [5, 5.41) is 40.2. The molecule has 2 aliphatic rings. The van der Waals surface area contributed by atoms with E-state index < -0.39 is 46.0 Å². The van der Waals surface area contributed by atoms with E-state index >= 15 is 8.78 Å². The predicted molar refractivity (Wildman–Crippen MR) is 155 cm³/mol. The lowest BCUT2D eigenvalue weighted by molar-refractivity contribution is 0.541. The molecule has 42 heavy (non-hydrogen) atoms. The van der Waals surface area contributed by atoms with E-state index in [-0.39, 0.29) is 11.3 Å². The van der Waals surface area contributed by atoms with E-state index in [9.17, 15) is 14.9 Å². The third-order valence-corrected chi connectivity index (χ3v) is 7.48. The smallest absolute Gasteiger partial charge is 0.169 e. The van der Waals surface area contributed by atoms with Gasteiger partial charge in [0.15, 0.2) is 17.5 Å². The molecule has 1 aliphatic heterocycles. The number of benzene rings is 4. The van der Waals surface area contributed by atoms with Crippen LogP contribution in [0.15, 0.2) is 84.4 Å². The maximum absolute atomic E-state index is 15.4. The van der Waals surface area contributed by atoms with Crippen LogP contribution in [0, 0.1) is 50.9 Å². The first-order chi connectivity index (χ1) is 20.3. The van der Waals surface area contributed by atoms with Crippen LogP contribution in [0.25, 0.3) is 22.3 Å². The average Bonchev–Trinajstić information content (AvgIpc) is 3.02. The third-order valence-electron chi connectivity index (χ3n) is 7.48. The number of nitrogens with one attached hydrogen (secondary N) is 3. The van der Waals surface area contributed by atoms with Gasteiger partial charge in [-0.25, -0.2) is 13.2 Å². The SMILES string of the molecule is N#Cc1ccccc1-c1ccc2c(c1)NC(c1ccccc1)C1=C2C(=N)C(=N)C(c2c(F)c(N)c(F)c(C#N)c2F)=C1. The molecule has 5 N–H and O–H groups in total. The molecule has 1 unspecified atom stereocenters. The summed E-state index contributed by atoms with van der Waals surface area (Å²) in [5.74, 6) is -4.45. The number of fused-ring (bicyclic) bond motifs is 2. The van der Waals surface area contributed by atoms with Crippen LogP contribution in [0.4, 0.5) is 24.5 Å². The van der Waals surface area contributed by atoms with Gasteiger partial charge in [-0.1, -0.05) is 60.7 Å². The number of allylic oxidation sites excluding steroid dienone is 2. The largest absolute Gasteiger partial charge is 0.394 e. The molecule has 0 radical (unpaired) electrons. The molecular weight excluding hydrogens is 537 g/mol. The van der Waals surface area contributed by atoms with Crippen molar-refractivity contribution in [2.24, 2.45) is 0 Å². The number of nitriles is 2. The van der Waals surface area contributed by atoms with Crippen molar-refractivity contribution in [1.29, 1.82) is 21.3 Å². The molecule has 1 atom stereocenters. The summed E-state index contributed by atoms with van der Waals surface area (Å²) < 4.78 is 45.1. The second kappa shape index (κ2) is 9.92. The van der Waals surface area contributed by atoms with Crippen LogP contribution in [0.2, 0.25) is 0 Å². The number of hydrogen-bond acceptors (Lipinski definition) is 6. The number of halogens is 3. The maximum atomic E-state index is 15.4. The Morgan fingerprint density at radius 2 is 1.50 bits per heavy atom. The van der Waals surface area contributed by atoms with Crippen molar-refractivity contribution in [2.75, 3.05) is 11.1 Å². The third kappa shape index (κ3) is 3.87. The van der Waals surface area contributed by atoms with Crippen LogP contribution in [0.1, 0.15) is 33.9 Å². The van der Waals surface area contributed by atoms with E-state index in [1.807, 2.05) is 48.5 Å². The Morgan fingerprint density at radius 1 is 0.786 bits per heavy atom. The number of rotatable bonds is 3. The van der Waals surface area contributed by atoms with Gasteiger partial charge in [-0.15, -0.1) is 0 Å². The van der Waals surface area contributed by atoms with Gasteiger partial charge in [-0.2, -0.15) is 10.5 Å². The van der Waals surface area contributed by atoms with Crippen molar-refractivity contribution < 1.29 is 13.2 Å². The zero-order chi connectivity index (χ0) is 29.7. The van der Waals surface area contributed by atoms with Gasteiger partial charge < -0.3 is 11.1 Å². The quantitative estimate of drug-likeness (QED) is 0.157. The van der Waals surface area contributed by atoms with Gasteiger partial charge in [-0.3, -0.25) is 10.8 Å². The Bertz CT molecular complexity index is 2010. The van der Waals surface area contributed by atoms with E-state index in [0.717, 1.165) is 16.7 Å². The first kappa shape index (κ1) is 26.3. The number of nitrogen functional groups attached to an aromatic ring is 1. The normalized spacial score (nSPS) is 15.6. The Kier molecular flexibility index (Phi) is 6.21. The van der Waals surface area contributed by atoms with Crippen molar-refractivity contribution in [3.63, 3.8) is 0 Å². The molecule has 0 amide bonds. The Morgan fingerprint density at radius 3 is 2.21 bits per heavy atom. The van der Waals surface area contributed by atoms with E-state index in [2.05, 4.69) is 11.4 Å². The Balaban J connectivity index is 1.62. The summed E-state index contributed by atoms with van der Waals surface area (Å²) in [6, 6.07) is 24.8. The van der Waals surface area contributed by atoms with E-state index in [4.69, 9.17) is 16.6 Å². The summed E-state index contributed by atoms with van der Waals surface area (Å²) in [6.07, 6.45) is 1.39. The minimum atomic E-state index is -1.52. The molecule has 0 saturated carbocycles. The zero-order valence-electron chi connectivity index (χ0n) is 21.7. The maximum Gasteiger partial charge on any atom is 0.169 e. The molecule has 4 aromatic carbocycles. The highest BCUT2D eigenvalue weighted by atomic mass is 19.1. The molecule has 0 spiro atoms. The fourth-order valence-corrected chi connectivity index (χ4v) is 5.46. The molecule has 1 heterocycles. The molecule has 0 saturated heterocycles. The summed E-state index contributed by atoms with van der Waals surface area (Å²) >= 11 is 0. The van der Waals surface area contributed by atoms with Crippen LogP contribution in [-0.4, -0.2) is 11.4 Å². The number of anilines is 2. The second-order valence-electron chi connectivity index (χ2n) is 9.76. The minimum Gasteiger partial charge on any atom is -0.394 e. The van der Waals surface area contributed by atoms with Gasteiger partial charge in [0.05, 0.1) is 34.7 Å². The Labute approximate surface area is 238 Å². The minimum absolute atomic E-state index is 0.309. The molecule has 6 rings (SSSR count). The first-order valence-corrected chi connectivity index (χ1v) is 12.7. The van der Waals surface area contributed by atoms with Crippen molar-refractivity contribution >= 4 is 33.9 Å². The second-order valence-corrected chi connectivity index (χ2v) is 9.76. The van der Waals surface area contributed by atoms with Gasteiger partial charge in [0.25, 0.3) is 0 Å². The summed E-state index contributed by atoms with van der Waals surface area (Å²) in [7, 11) is 0. The van der Waals surface area contributed by atoms with Crippen LogP contribution in [-0.2, 0) is 0 Å². The molecular formula is C33H19F3N6. The number of nitrogens with two attached hydrogens (primary N) is 1. The lowest BCUT2D eigenvalue weighted by Crippen LogP contribution is -2.29. The predicted octanol–water partition coefficient (Wildman–Crippen LogP) is 7.15.